The number of methoxy groups -OCH3 is 1. The molecule has 0 spiro atoms. The molecule has 0 saturated heterocycles. The summed E-state index contributed by atoms with van der Waals surface area (Å²) < 4.78 is 8.14. The number of aryl methyl sites for hydroxylation is 1. The first-order valence-corrected chi connectivity index (χ1v) is 6.99. The molecule has 0 aromatic carbocycles. The number of nitrogens with one attached hydrogen (secondary N) is 1. The van der Waals surface area contributed by atoms with Crippen molar-refractivity contribution in [2.45, 2.75) is 19.9 Å². The van der Waals surface area contributed by atoms with Gasteiger partial charge in [-0.15, -0.1) is 0 Å². The number of carbonyl (C=O) groups is 2. The predicted molar refractivity (Wildman–Crippen MR) is 80.6 cm³/mol. The van der Waals surface area contributed by atoms with Gasteiger partial charge in [-0.2, -0.15) is 5.10 Å². The fourth-order valence-electron chi connectivity index (χ4n) is 2.22. The van der Waals surface area contributed by atoms with Gasteiger partial charge in [0.1, 0.15) is 17.4 Å². The lowest BCUT2D eigenvalue weighted by Crippen LogP contribution is -2.45. The molecule has 22 heavy (non-hydrogen) atoms. The van der Waals surface area contributed by atoms with Gasteiger partial charge in [-0.05, 0) is 18.1 Å². The lowest BCUT2D eigenvalue weighted by Gasteiger charge is -2.19. The Balaban J connectivity index is 2.29. The third kappa shape index (κ3) is 3.03. The van der Waals surface area contributed by atoms with Crippen LogP contribution in [0.15, 0.2) is 30.7 Å². The second-order valence-corrected chi connectivity index (χ2v) is 5.31. The first-order valence-electron chi connectivity index (χ1n) is 6.99. The van der Waals surface area contributed by atoms with Gasteiger partial charge in [-0.3, -0.25) is 9.48 Å². The highest BCUT2D eigenvalue weighted by Crippen LogP contribution is 2.15. The van der Waals surface area contributed by atoms with Crippen molar-refractivity contribution in [1.29, 1.82) is 0 Å². The molecule has 0 saturated carbocycles. The minimum Gasteiger partial charge on any atom is -0.467 e. The van der Waals surface area contributed by atoms with Crippen LogP contribution in [0.5, 0.6) is 0 Å². The van der Waals surface area contributed by atoms with Crippen molar-refractivity contribution >= 4 is 11.9 Å². The van der Waals surface area contributed by atoms with E-state index < -0.39 is 12.0 Å². The molecule has 0 unspecified atom stereocenters. The van der Waals surface area contributed by atoms with Crippen LogP contribution in [0.1, 0.15) is 24.2 Å². The number of amides is 1. The van der Waals surface area contributed by atoms with Crippen LogP contribution in [0.2, 0.25) is 0 Å². The largest absolute Gasteiger partial charge is 0.467 e. The Kier molecular flexibility index (Phi) is 4.65. The van der Waals surface area contributed by atoms with E-state index in [-0.39, 0.29) is 11.8 Å². The summed E-state index contributed by atoms with van der Waals surface area (Å²) in [5.41, 5.74) is 0.397. The molecule has 7 nitrogen and oxygen atoms in total. The Labute approximate surface area is 128 Å². The summed E-state index contributed by atoms with van der Waals surface area (Å²) in [5.74, 6) is -0.270. The smallest absolute Gasteiger partial charge is 0.328 e. The quantitative estimate of drug-likeness (QED) is 0.840. The van der Waals surface area contributed by atoms with Crippen LogP contribution >= 0.6 is 0 Å². The summed E-state index contributed by atoms with van der Waals surface area (Å²) in [5, 5.41) is 6.85. The van der Waals surface area contributed by atoms with Crippen molar-refractivity contribution in [2.75, 3.05) is 7.11 Å². The van der Waals surface area contributed by atoms with Crippen molar-refractivity contribution in [3.8, 4) is 5.82 Å². The van der Waals surface area contributed by atoms with Gasteiger partial charge in [0, 0.05) is 19.4 Å². The molecule has 1 atom stereocenters. The van der Waals surface area contributed by atoms with Crippen molar-refractivity contribution in [1.82, 2.24) is 19.7 Å². The maximum atomic E-state index is 12.5. The number of nitrogens with zero attached hydrogens (tertiary/aromatic N) is 3. The highest BCUT2D eigenvalue weighted by atomic mass is 16.5. The molecular weight excluding hydrogens is 284 g/mol. The third-order valence-electron chi connectivity index (χ3n) is 3.41. The van der Waals surface area contributed by atoms with E-state index in [0.717, 1.165) is 0 Å². The second kappa shape index (κ2) is 6.46. The second-order valence-electron chi connectivity index (χ2n) is 5.31. The van der Waals surface area contributed by atoms with Crippen LogP contribution in [-0.2, 0) is 16.6 Å². The van der Waals surface area contributed by atoms with Crippen molar-refractivity contribution < 1.29 is 14.3 Å². The minimum atomic E-state index is -0.699. The van der Waals surface area contributed by atoms with E-state index in [2.05, 4.69) is 10.4 Å². The molecule has 0 aliphatic carbocycles. The SMILES string of the molecule is COC(=O)[C@@H](NC(=O)c1cnn(C)c1-n1cccc1)C(C)C. The standard InChI is InChI=1S/C15H20N4O3/c1-10(2)12(15(21)22-4)17-13(20)11-9-16-18(3)14(11)19-7-5-6-8-19/h5-10,12H,1-4H3,(H,17,20)/t12-/m0/s1. The molecule has 118 valence electrons. The van der Waals surface area contributed by atoms with Crippen LogP contribution in [0.3, 0.4) is 0 Å². The number of esters is 1. The number of aromatic nitrogens is 3. The zero-order valence-corrected chi connectivity index (χ0v) is 13.1. The average molecular weight is 304 g/mol. The Morgan fingerprint density at radius 1 is 1.27 bits per heavy atom. The fourth-order valence-corrected chi connectivity index (χ4v) is 2.22. The molecule has 0 aliphatic rings. The molecule has 2 heterocycles. The molecule has 0 fully saturated rings. The number of hydrogen-bond donors (Lipinski definition) is 1. The van der Waals surface area contributed by atoms with Gasteiger partial charge in [0.25, 0.3) is 5.91 Å². The number of rotatable bonds is 5. The molecule has 0 aliphatic heterocycles. The van der Waals surface area contributed by atoms with Crippen molar-refractivity contribution in [3.63, 3.8) is 0 Å². The molecule has 0 radical (unpaired) electrons. The van der Waals surface area contributed by atoms with Crippen LogP contribution < -0.4 is 5.32 Å². The van der Waals surface area contributed by atoms with E-state index in [1.54, 1.807) is 16.3 Å². The van der Waals surface area contributed by atoms with E-state index in [1.165, 1.54) is 13.3 Å². The van der Waals surface area contributed by atoms with Crippen LogP contribution in [-0.4, -0.2) is 39.4 Å². The van der Waals surface area contributed by atoms with Crippen LogP contribution in [0.25, 0.3) is 5.82 Å². The molecule has 0 bridgehead atoms. The maximum Gasteiger partial charge on any atom is 0.328 e. The zero-order chi connectivity index (χ0) is 16.3. The Morgan fingerprint density at radius 3 is 2.45 bits per heavy atom. The lowest BCUT2D eigenvalue weighted by atomic mass is 10.0. The summed E-state index contributed by atoms with van der Waals surface area (Å²) in [6.45, 7) is 3.69. The molecular formula is C15H20N4O3. The summed E-state index contributed by atoms with van der Waals surface area (Å²) in [4.78, 5) is 24.3. The van der Waals surface area contributed by atoms with E-state index in [1.807, 2.05) is 38.4 Å². The molecule has 7 heteroatoms. The van der Waals surface area contributed by atoms with Crippen LogP contribution in [0, 0.1) is 5.92 Å². The van der Waals surface area contributed by atoms with Gasteiger partial charge in [0.05, 0.1) is 13.3 Å². The van der Waals surface area contributed by atoms with Crippen molar-refractivity contribution in [3.05, 3.63) is 36.3 Å². The van der Waals surface area contributed by atoms with E-state index in [0.29, 0.717) is 11.4 Å². The molecule has 2 aromatic heterocycles. The Bertz CT molecular complexity index is 658. The minimum absolute atomic E-state index is 0.0805. The highest BCUT2D eigenvalue weighted by Gasteiger charge is 2.27. The van der Waals surface area contributed by atoms with E-state index in [9.17, 15) is 9.59 Å². The van der Waals surface area contributed by atoms with Gasteiger partial charge in [0.2, 0.25) is 0 Å². The Morgan fingerprint density at radius 2 is 1.91 bits per heavy atom. The van der Waals surface area contributed by atoms with Gasteiger partial charge in [0.15, 0.2) is 0 Å². The van der Waals surface area contributed by atoms with Crippen LogP contribution in [0.4, 0.5) is 0 Å². The van der Waals surface area contributed by atoms with E-state index in [4.69, 9.17) is 4.74 Å². The number of ether oxygens (including phenoxy) is 1. The summed E-state index contributed by atoms with van der Waals surface area (Å²) in [6.07, 6.45) is 5.14. The molecule has 2 aromatic rings. The van der Waals surface area contributed by atoms with Gasteiger partial charge >= 0.3 is 5.97 Å². The maximum absolute atomic E-state index is 12.5. The van der Waals surface area contributed by atoms with Gasteiger partial charge in [-0.1, -0.05) is 13.8 Å². The van der Waals surface area contributed by atoms with Crippen molar-refractivity contribution in [2.24, 2.45) is 13.0 Å². The first-order chi connectivity index (χ1) is 10.5. The number of carbonyl (C=O) groups excluding carboxylic acids is 2. The Hall–Kier alpha value is -2.57. The van der Waals surface area contributed by atoms with E-state index >= 15 is 0 Å². The summed E-state index contributed by atoms with van der Waals surface area (Å²) >= 11 is 0. The normalized spacial score (nSPS) is 12.2. The fraction of sp³-hybridized carbons (Fsp3) is 0.400. The predicted octanol–water partition coefficient (Wildman–Crippen LogP) is 1.14. The first kappa shape index (κ1) is 15.8. The highest BCUT2D eigenvalue weighted by molar-refractivity contribution is 5.99. The molecule has 2 rings (SSSR count). The topological polar surface area (TPSA) is 78.2 Å². The third-order valence-corrected chi connectivity index (χ3v) is 3.41. The zero-order valence-electron chi connectivity index (χ0n) is 13.1. The summed E-state index contributed by atoms with van der Waals surface area (Å²) in [6, 6.07) is 3.02. The monoisotopic (exact) mass is 304 g/mol. The van der Waals surface area contributed by atoms with Gasteiger partial charge in [-0.25, -0.2) is 4.79 Å². The lowest BCUT2D eigenvalue weighted by molar-refractivity contribution is -0.144. The van der Waals surface area contributed by atoms with Gasteiger partial charge < -0.3 is 14.6 Å². The molecule has 1 amide bonds. The average Bonchev–Trinajstić information content (AvgIpc) is 3.12. The molecule has 1 N–H and O–H groups in total. The summed E-state index contributed by atoms with van der Waals surface area (Å²) in [7, 11) is 3.06. The number of hydrogen-bond acceptors (Lipinski definition) is 4.